The molecule has 140 valence electrons. The van der Waals surface area contributed by atoms with Gasteiger partial charge in [0.25, 0.3) is 0 Å². The van der Waals surface area contributed by atoms with Gasteiger partial charge in [0.15, 0.2) is 16.8 Å². The highest BCUT2D eigenvalue weighted by Crippen LogP contribution is 2.35. The van der Waals surface area contributed by atoms with E-state index >= 15 is 0 Å². The lowest BCUT2D eigenvalue weighted by molar-refractivity contribution is -0.383. The molecule has 0 unspecified atom stereocenters. The Balaban J connectivity index is 1.70. The van der Waals surface area contributed by atoms with Gasteiger partial charge in [0.1, 0.15) is 6.33 Å². The van der Waals surface area contributed by atoms with Gasteiger partial charge in [0.2, 0.25) is 11.6 Å². The number of aromatic nitrogens is 3. The fourth-order valence-corrected chi connectivity index (χ4v) is 3.34. The lowest BCUT2D eigenvalue weighted by atomic mass is 10.3. The Hall–Kier alpha value is -3.73. The Labute approximate surface area is 160 Å². The summed E-state index contributed by atoms with van der Waals surface area (Å²) in [5, 5.41) is 17.5. The summed E-state index contributed by atoms with van der Waals surface area (Å²) >= 11 is 1.31. The van der Waals surface area contributed by atoms with Crippen LogP contribution in [-0.2, 0) is 0 Å². The van der Waals surface area contributed by atoms with Crippen LogP contribution in [0.3, 0.4) is 0 Å². The molecule has 2 heterocycles. The Bertz CT molecular complexity index is 1170. The second-order valence-electron chi connectivity index (χ2n) is 5.54. The second-order valence-corrected chi connectivity index (χ2v) is 6.57. The van der Waals surface area contributed by atoms with E-state index in [4.69, 9.17) is 0 Å². The molecule has 28 heavy (non-hydrogen) atoms. The summed E-state index contributed by atoms with van der Waals surface area (Å²) in [7, 11) is 0. The van der Waals surface area contributed by atoms with Gasteiger partial charge in [0.05, 0.1) is 15.1 Å². The van der Waals surface area contributed by atoms with Crippen molar-refractivity contribution >= 4 is 49.7 Å². The summed E-state index contributed by atoms with van der Waals surface area (Å²) in [4.78, 5) is 23.1. The standard InChI is InChI=1S/C17H10F2N6O2S/c18-10-6-5-9(7-11(10)19)22-15-14(25(26)27)16(21-8-20-15)24-17-23-12-3-1-2-4-13(12)28-17/h1-8H,(H2,20,21,22,23,24). The molecule has 4 aromatic rings. The second kappa shape index (κ2) is 7.12. The molecule has 0 aliphatic carbocycles. The molecule has 0 spiro atoms. The number of hydrogen-bond acceptors (Lipinski definition) is 8. The van der Waals surface area contributed by atoms with E-state index in [1.54, 1.807) is 0 Å². The predicted octanol–water partition coefficient (Wildman–Crippen LogP) is 4.76. The maximum Gasteiger partial charge on any atom is 0.353 e. The van der Waals surface area contributed by atoms with E-state index < -0.39 is 22.2 Å². The average molecular weight is 400 g/mol. The number of rotatable bonds is 5. The predicted molar refractivity (Wildman–Crippen MR) is 101 cm³/mol. The van der Waals surface area contributed by atoms with Crippen molar-refractivity contribution in [3.05, 3.63) is 70.5 Å². The van der Waals surface area contributed by atoms with Gasteiger partial charge >= 0.3 is 5.69 Å². The molecule has 2 aromatic heterocycles. The number of nitrogens with one attached hydrogen (secondary N) is 2. The highest BCUT2D eigenvalue weighted by Gasteiger charge is 2.24. The first-order valence-corrected chi connectivity index (χ1v) is 8.67. The Morgan fingerprint density at radius 3 is 2.46 bits per heavy atom. The number of nitrogens with zero attached hydrogens (tertiary/aromatic N) is 4. The lowest BCUT2D eigenvalue weighted by Crippen LogP contribution is -2.05. The molecule has 2 aromatic carbocycles. The molecule has 0 fully saturated rings. The Morgan fingerprint density at radius 2 is 1.75 bits per heavy atom. The van der Waals surface area contributed by atoms with Crippen molar-refractivity contribution < 1.29 is 13.7 Å². The first-order chi connectivity index (χ1) is 13.5. The van der Waals surface area contributed by atoms with Crippen LogP contribution in [0.15, 0.2) is 48.8 Å². The summed E-state index contributed by atoms with van der Waals surface area (Å²) in [5.41, 5.74) is 0.393. The van der Waals surface area contributed by atoms with Crippen molar-refractivity contribution in [2.24, 2.45) is 0 Å². The zero-order valence-electron chi connectivity index (χ0n) is 13.9. The maximum absolute atomic E-state index is 13.4. The van der Waals surface area contributed by atoms with E-state index in [1.807, 2.05) is 24.3 Å². The van der Waals surface area contributed by atoms with Crippen LogP contribution in [0.5, 0.6) is 0 Å². The first-order valence-electron chi connectivity index (χ1n) is 7.85. The van der Waals surface area contributed by atoms with Crippen LogP contribution in [0.25, 0.3) is 10.2 Å². The zero-order chi connectivity index (χ0) is 19.7. The largest absolute Gasteiger partial charge is 0.353 e. The number of anilines is 4. The smallest absolute Gasteiger partial charge is 0.334 e. The van der Waals surface area contributed by atoms with E-state index in [9.17, 15) is 18.9 Å². The molecule has 2 N–H and O–H groups in total. The quantitative estimate of drug-likeness (QED) is 0.367. The topological polar surface area (TPSA) is 106 Å². The van der Waals surface area contributed by atoms with Gasteiger partial charge in [-0.15, -0.1) is 0 Å². The van der Waals surface area contributed by atoms with Crippen molar-refractivity contribution in [2.75, 3.05) is 10.6 Å². The molecule has 0 aliphatic rings. The van der Waals surface area contributed by atoms with E-state index in [-0.39, 0.29) is 17.3 Å². The number of thiazole rings is 1. The van der Waals surface area contributed by atoms with Crippen molar-refractivity contribution in [1.82, 2.24) is 15.0 Å². The number of hydrogen-bond donors (Lipinski definition) is 2. The summed E-state index contributed by atoms with van der Waals surface area (Å²) in [6, 6.07) is 10.4. The van der Waals surface area contributed by atoms with E-state index in [0.29, 0.717) is 5.13 Å². The monoisotopic (exact) mass is 400 g/mol. The molecule has 0 saturated heterocycles. The summed E-state index contributed by atoms with van der Waals surface area (Å²) in [5.74, 6) is -2.37. The summed E-state index contributed by atoms with van der Waals surface area (Å²) in [6.45, 7) is 0. The van der Waals surface area contributed by atoms with Gasteiger partial charge in [-0.1, -0.05) is 23.5 Å². The van der Waals surface area contributed by atoms with Gasteiger partial charge in [-0.05, 0) is 24.3 Å². The zero-order valence-corrected chi connectivity index (χ0v) is 14.7. The van der Waals surface area contributed by atoms with Gasteiger partial charge in [-0.3, -0.25) is 10.1 Å². The number of nitro groups is 1. The molecule has 0 radical (unpaired) electrons. The number of para-hydroxylation sites is 1. The molecule has 8 nitrogen and oxygen atoms in total. The number of halogens is 2. The number of fused-ring (bicyclic) bond motifs is 1. The fraction of sp³-hybridized carbons (Fsp3) is 0. The van der Waals surface area contributed by atoms with Crippen molar-refractivity contribution in [3.63, 3.8) is 0 Å². The van der Waals surface area contributed by atoms with Gasteiger partial charge in [0, 0.05) is 11.8 Å². The fourth-order valence-electron chi connectivity index (χ4n) is 2.47. The van der Waals surface area contributed by atoms with Crippen molar-refractivity contribution in [1.29, 1.82) is 0 Å². The van der Waals surface area contributed by atoms with Crippen LogP contribution >= 0.6 is 11.3 Å². The van der Waals surface area contributed by atoms with Crippen LogP contribution in [-0.4, -0.2) is 19.9 Å². The molecule has 0 bridgehead atoms. The van der Waals surface area contributed by atoms with E-state index in [1.165, 1.54) is 17.4 Å². The third kappa shape index (κ3) is 3.42. The summed E-state index contributed by atoms with van der Waals surface area (Å²) < 4.78 is 27.4. The van der Waals surface area contributed by atoms with Crippen LogP contribution < -0.4 is 10.6 Å². The highest BCUT2D eigenvalue weighted by molar-refractivity contribution is 7.22. The summed E-state index contributed by atoms with van der Waals surface area (Å²) in [6.07, 6.45) is 1.12. The first kappa shape index (κ1) is 17.7. The molecule has 0 saturated carbocycles. The van der Waals surface area contributed by atoms with E-state index in [0.717, 1.165) is 28.7 Å². The van der Waals surface area contributed by atoms with Crippen molar-refractivity contribution in [3.8, 4) is 0 Å². The molecule has 0 amide bonds. The molecular formula is C17H10F2N6O2S. The minimum absolute atomic E-state index is 0.0795. The minimum atomic E-state index is -1.09. The minimum Gasteiger partial charge on any atom is -0.334 e. The van der Waals surface area contributed by atoms with E-state index in [2.05, 4.69) is 25.6 Å². The highest BCUT2D eigenvalue weighted by atomic mass is 32.1. The van der Waals surface area contributed by atoms with Gasteiger partial charge < -0.3 is 10.6 Å². The maximum atomic E-state index is 13.4. The molecule has 0 aliphatic heterocycles. The molecular weight excluding hydrogens is 390 g/mol. The lowest BCUT2D eigenvalue weighted by Gasteiger charge is -2.09. The normalized spacial score (nSPS) is 10.8. The molecule has 4 rings (SSSR count). The molecule has 11 heteroatoms. The number of benzene rings is 2. The van der Waals surface area contributed by atoms with Crippen LogP contribution in [0.4, 0.5) is 36.9 Å². The Morgan fingerprint density at radius 1 is 1.00 bits per heavy atom. The van der Waals surface area contributed by atoms with Gasteiger partial charge in [-0.2, -0.15) is 0 Å². The van der Waals surface area contributed by atoms with Crippen LogP contribution in [0.1, 0.15) is 0 Å². The van der Waals surface area contributed by atoms with Crippen molar-refractivity contribution in [2.45, 2.75) is 0 Å². The third-order valence-corrected chi connectivity index (χ3v) is 4.66. The SMILES string of the molecule is O=[N+]([O-])c1c(Nc2ccc(F)c(F)c2)ncnc1Nc1nc2ccccc2s1. The van der Waals surface area contributed by atoms with Crippen LogP contribution in [0, 0.1) is 21.7 Å². The molecule has 0 atom stereocenters. The van der Waals surface area contributed by atoms with Crippen LogP contribution in [0.2, 0.25) is 0 Å². The average Bonchev–Trinajstić information content (AvgIpc) is 3.07. The third-order valence-electron chi connectivity index (χ3n) is 3.71. The Kier molecular flexibility index (Phi) is 4.49. The van der Waals surface area contributed by atoms with Gasteiger partial charge in [-0.25, -0.2) is 23.7 Å².